The molecular formula is C14H12ClNO3. The Kier molecular flexibility index (Phi) is 3.92. The molecule has 0 aromatic heterocycles. The molecular weight excluding hydrogens is 266 g/mol. The number of phenols is 2. The maximum absolute atomic E-state index is 11.9. The molecule has 98 valence electrons. The van der Waals surface area contributed by atoms with Crippen molar-refractivity contribution < 1.29 is 15.0 Å². The van der Waals surface area contributed by atoms with E-state index in [4.69, 9.17) is 11.6 Å². The van der Waals surface area contributed by atoms with Crippen molar-refractivity contribution in [2.75, 3.05) is 0 Å². The molecule has 0 aliphatic rings. The first kappa shape index (κ1) is 13.2. The summed E-state index contributed by atoms with van der Waals surface area (Å²) in [6.07, 6.45) is 0. The molecule has 1 amide bonds. The molecule has 3 N–H and O–H groups in total. The molecule has 0 saturated heterocycles. The fraction of sp³-hybridized carbons (Fsp3) is 0.0714. The van der Waals surface area contributed by atoms with Gasteiger partial charge in [0, 0.05) is 12.1 Å². The molecule has 0 bridgehead atoms. The van der Waals surface area contributed by atoms with Crippen LogP contribution < -0.4 is 5.32 Å². The lowest BCUT2D eigenvalue weighted by Gasteiger charge is -2.08. The van der Waals surface area contributed by atoms with Crippen LogP contribution in [0, 0.1) is 0 Å². The van der Waals surface area contributed by atoms with Gasteiger partial charge in [0.25, 0.3) is 5.91 Å². The minimum Gasteiger partial charge on any atom is -0.508 e. The summed E-state index contributed by atoms with van der Waals surface area (Å²) in [6, 6.07) is 10.9. The average molecular weight is 278 g/mol. The maximum atomic E-state index is 11.9. The molecule has 0 unspecified atom stereocenters. The van der Waals surface area contributed by atoms with Gasteiger partial charge in [0.15, 0.2) is 0 Å². The largest absolute Gasteiger partial charge is 0.508 e. The SMILES string of the molecule is O=C(NCc1ccccc1O)c1cc(O)ccc1Cl. The Balaban J connectivity index is 2.10. The van der Waals surface area contributed by atoms with Gasteiger partial charge in [-0.2, -0.15) is 0 Å². The van der Waals surface area contributed by atoms with Gasteiger partial charge in [0.05, 0.1) is 10.6 Å². The number of rotatable bonds is 3. The monoisotopic (exact) mass is 277 g/mol. The third-order valence-corrected chi connectivity index (χ3v) is 2.96. The summed E-state index contributed by atoms with van der Waals surface area (Å²) in [5, 5.41) is 21.8. The van der Waals surface area contributed by atoms with E-state index in [1.165, 1.54) is 18.2 Å². The first-order valence-corrected chi connectivity index (χ1v) is 5.99. The van der Waals surface area contributed by atoms with Crippen molar-refractivity contribution in [2.24, 2.45) is 0 Å². The number of benzene rings is 2. The molecule has 2 aromatic rings. The van der Waals surface area contributed by atoms with E-state index in [0.717, 1.165) is 0 Å². The summed E-state index contributed by atoms with van der Waals surface area (Å²) in [5.41, 5.74) is 0.796. The predicted octanol–water partition coefficient (Wildman–Crippen LogP) is 2.68. The van der Waals surface area contributed by atoms with Crippen LogP contribution in [0.1, 0.15) is 15.9 Å². The number of nitrogens with one attached hydrogen (secondary N) is 1. The van der Waals surface area contributed by atoms with E-state index in [0.29, 0.717) is 5.56 Å². The molecule has 2 rings (SSSR count). The van der Waals surface area contributed by atoms with Gasteiger partial charge in [-0.3, -0.25) is 4.79 Å². The standard InChI is InChI=1S/C14H12ClNO3/c15-12-6-5-10(17)7-11(12)14(19)16-8-9-3-1-2-4-13(9)18/h1-7,17-18H,8H2,(H,16,19). The number of phenolic OH excluding ortho intramolecular Hbond substituents is 2. The van der Waals surface area contributed by atoms with E-state index in [1.54, 1.807) is 24.3 Å². The fourth-order valence-electron chi connectivity index (χ4n) is 1.62. The number of aromatic hydroxyl groups is 2. The summed E-state index contributed by atoms with van der Waals surface area (Å²) in [4.78, 5) is 11.9. The van der Waals surface area contributed by atoms with Crippen molar-refractivity contribution >= 4 is 17.5 Å². The molecule has 0 fully saturated rings. The van der Waals surface area contributed by atoms with Crippen molar-refractivity contribution in [1.29, 1.82) is 0 Å². The first-order chi connectivity index (χ1) is 9.08. The topological polar surface area (TPSA) is 69.6 Å². The lowest BCUT2D eigenvalue weighted by atomic mass is 10.1. The lowest BCUT2D eigenvalue weighted by molar-refractivity contribution is 0.0950. The zero-order valence-corrected chi connectivity index (χ0v) is 10.7. The lowest BCUT2D eigenvalue weighted by Crippen LogP contribution is -2.23. The summed E-state index contributed by atoms with van der Waals surface area (Å²) < 4.78 is 0. The van der Waals surface area contributed by atoms with Crippen LogP contribution in [-0.4, -0.2) is 16.1 Å². The van der Waals surface area contributed by atoms with Gasteiger partial charge in [0.1, 0.15) is 11.5 Å². The van der Waals surface area contributed by atoms with Crippen LogP contribution in [0.25, 0.3) is 0 Å². The molecule has 0 atom stereocenters. The molecule has 0 radical (unpaired) electrons. The van der Waals surface area contributed by atoms with Crippen molar-refractivity contribution in [2.45, 2.75) is 6.54 Å². The number of halogens is 1. The Morgan fingerprint density at radius 3 is 2.63 bits per heavy atom. The Labute approximate surface area is 115 Å². The van der Waals surface area contributed by atoms with Crippen LogP contribution in [0.2, 0.25) is 5.02 Å². The van der Waals surface area contributed by atoms with Crippen molar-refractivity contribution in [3.8, 4) is 11.5 Å². The van der Waals surface area contributed by atoms with Crippen molar-refractivity contribution in [1.82, 2.24) is 5.32 Å². The Hall–Kier alpha value is -2.20. The highest BCUT2D eigenvalue weighted by Gasteiger charge is 2.11. The van der Waals surface area contributed by atoms with Gasteiger partial charge in [0.2, 0.25) is 0 Å². The van der Waals surface area contributed by atoms with E-state index < -0.39 is 5.91 Å². The number of carbonyl (C=O) groups excluding carboxylic acids is 1. The molecule has 5 heteroatoms. The van der Waals surface area contributed by atoms with Crippen LogP contribution in [0.3, 0.4) is 0 Å². The number of hydrogen-bond donors (Lipinski definition) is 3. The molecule has 4 nitrogen and oxygen atoms in total. The highest BCUT2D eigenvalue weighted by Crippen LogP contribution is 2.21. The normalized spacial score (nSPS) is 10.2. The second-order valence-corrected chi connectivity index (χ2v) is 4.38. The van der Waals surface area contributed by atoms with Gasteiger partial charge >= 0.3 is 0 Å². The molecule has 0 aliphatic heterocycles. The Bertz CT molecular complexity index is 613. The molecule has 0 saturated carbocycles. The Morgan fingerprint density at radius 2 is 1.89 bits per heavy atom. The fourth-order valence-corrected chi connectivity index (χ4v) is 1.82. The second-order valence-electron chi connectivity index (χ2n) is 3.98. The summed E-state index contributed by atoms with van der Waals surface area (Å²) in [6.45, 7) is 0.178. The van der Waals surface area contributed by atoms with Gasteiger partial charge in [-0.1, -0.05) is 29.8 Å². The zero-order chi connectivity index (χ0) is 13.8. The second kappa shape index (κ2) is 5.63. The van der Waals surface area contributed by atoms with Gasteiger partial charge in [-0.25, -0.2) is 0 Å². The number of hydrogen-bond acceptors (Lipinski definition) is 3. The van der Waals surface area contributed by atoms with Gasteiger partial charge in [-0.05, 0) is 24.3 Å². The molecule has 0 heterocycles. The van der Waals surface area contributed by atoms with E-state index >= 15 is 0 Å². The smallest absolute Gasteiger partial charge is 0.253 e. The van der Waals surface area contributed by atoms with Crippen LogP contribution >= 0.6 is 11.6 Å². The molecule has 0 spiro atoms. The van der Waals surface area contributed by atoms with Gasteiger partial charge < -0.3 is 15.5 Å². The van der Waals surface area contributed by atoms with E-state index in [9.17, 15) is 15.0 Å². The number of carbonyl (C=O) groups is 1. The van der Waals surface area contributed by atoms with Crippen LogP contribution in [0.5, 0.6) is 11.5 Å². The van der Waals surface area contributed by atoms with E-state index in [1.807, 2.05) is 0 Å². The van der Waals surface area contributed by atoms with E-state index in [-0.39, 0.29) is 28.6 Å². The maximum Gasteiger partial charge on any atom is 0.253 e. The highest BCUT2D eigenvalue weighted by molar-refractivity contribution is 6.33. The van der Waals surface area contributed by atoms with Crippen LogP contribution in [-0.2, 0) is 6.54 Å². The highest BCUT2D eigenvalue weighted by atomic mass is 35.5. The summed E-state index contributed by atoms with van der Waals surface area (Å²) in [5.74, 6) is -0.328. The minimum absolute atomic E-state index is 0.0305. The third-order valence-electron chi connectivity index (χ3n) is 2.63. The molecule has 0 aliphatic carbocycles. The quantitative estimate of drug-likeness (QED) is 0.808. The van der Waals surface area contributed by atoms with Gasteiger partial charge in [-0.15, -0.1) is 0 Å². The predicted molar refractivity (Wildman–Crippen MR) is 72.4 cm³/mol. The number of amides is 1. The zero-order valence-electron chi connectivity index (χ0n) is 9.93. The van der Waals surface area contributed by atoms with Crippen LogP contribution in [0.15, 0.2) is 42.5 Å². The van der Waals surface area contributed by atoms with Crippen molar-refractivity contribution in [3.63, 3.8) is 0 Å². The Morgan fingerprint density at radius 1 is 1.16 bits per heavy atom. The minimum atomic E-state index is -0.413. The average Bonchev–Trinajstić information content (AvgIpc) is 2.40. The summed E-state index contributed by atoms with van der Waals surface area (Å²) in [7, 11) is 0. The molecule has 19 heavy (non-hydrogen) atoms. The first-order valence-electron chi connectivity index (χ1n) is 5.61. The van der Waals surface area contributed by atoms with Crippen molar-refractivity contribution in [3.05, 3.63) is 58.6 Å². The molecule has 2 aromatic carbocycles. The van der Waals surface area contributed by atoms with E-state index in [2.05, 4.69) is 5.32 Å². The summed E-state index contributed by atoms with van der Waals surface area (Å²) >= 11 is 5.88. The number of para-hydroxylation sites is 1. The third kappa shape index (κ3) is 3.17. The van der Waals surface area contributed by atoms with Crippen LogP contribution in [0.4, 0.5) is 0 Å².